The van der Waals surface area contributed by atoms with Gasteiger partial charge in [-0.1, -0.05) is 23.7 Å². The molecular formula is C12H15ClFNO2S. The first-order chi connectivity index (χ1) is 8.48. The Morgan fingerprint density at radius 3 is 2.67 bits per heavy atom. The van der Waals surface area contributed by atoms with Gasteiger partial charge in [0.1, 0.15) is 15.7 Å². The first-order valence-electron chi connectivity index (χ1n) is 5.84. The van der Waals surface area contributed by atoms with Crippen molar-refractivity contribution in [3.8, 4) is 0 Å². The lowest BCUT2D eigenvalue weighted by molar-refractivity contribution is 0.462. The van der Waals surface area contributed by atoms with E-state index in [0.29, 0.717) is 24.9 Å². The lowest BCUT2D eigenvalue weighted by Crippen LogP contribution is -2.37. The van der Waals surface area contributed by atoms with Crippen molar-refractivity contribution in [2.45, 2.75) is 25.4 Å². The molecule has 1 saturated heterocycles. The second kappa shape index (κ2) is 5.55. The Morgan fingerprint density at radius 2 is 2.00 bits per heavy atom. The maximum atomic E-state index is 13.2. The monoisotopic (exact) mass is 291 g/mol. The molecule has 1 heterocycles. The van der Waals surface area contributed by atoms with Crippen molar-refractivity contribution in [3.05, 3.63) is 34.6 Å². The molecule has 0 saturated carbocycles. The molecule has 1 fully saturated rings. The van der Waals surface area contributed by atoms with E-state index in [2.05, 4.69) is 5.32 Å². The molecular weight excluding hydrogens is 277 g/mol. The molecule has 0 aromatic heterocycles. The van der Waals surface area contributed by atoms with Crippen LogP contribution in [-0.4, -0.2) is 26.0 Å². The normalized spacial score (nSPS) is 19.9. The SMILES string of the molecule is O=S1(=O)CCC(NCc2cccc(F)c2Cl)CC1. The Hall–Kier alpha value is -0.650. The molecule has 0 atom stereocenters. The molecule has 2 rings (SSSR count). The third-order valence-electron chi connectivity index (χ3n) is 3.17. The van der Waals surface area contributed by atoms with Gasteiger partial charge in [-0.3, -0.25) is 0 Å². The smallest absolute Gasteiger partial charge is 0.150 e. The van der Waals surface area contributed by atoms with E-state index in [9.17, 15) is 12.8 Å². The molecule has 0 bridgehead atoms. The Bertz CT molecular complexity index is 519. The topological polar surface area (TPSA) is 46.2 Å². The van der Waals surface area contributed by atoms with Crippen LogP contribution >= 0.6 is 11.6 Å². The van der Waals surface area contributed by atoms with E-state index in [-0.39, 0.29) is 22.6 Å². The lowest BCUT2D eigenvalue weighted by atomic mass is 10.1. The van der Waals surface area contributed by atoms with Gasteiger partial charge in [0.15, 0.2) is 0 Å². The highest BCUT2D eigenvalue weighted by molar-refractivity contribution is 7.91. The highest BCUT2D eigenvalue weighted by Gasteiger charge is 2.23. The fraction of sp³-hybridized carbons (Fsp3) is 0.500. The van der Waals surface area contributed by atoms with Gasteiger partial charge in [0, 0.05) is 12.6 Å². The molecule has 0 amide bonds. The number of rotatable bonds is 3. The average Bonchev–Trinajstić information content (AvgIpc) is 2.33. The number of halogens is 2. The maximum absolute atomic E-state index is 13.2. The van der Waals surface area contributed by atoms with Crippen LogP contribution in [0.3, 0.4) is 0 Å². The van der Waals surface area contributed by atoms with E-state index in [4.69, 9.17) is 11.6 Å². The Balaban J connectivity index is 1.91. The zero-order valence-corrected chi connectivity index (χ0v) is 11.4. The van der Waals surface area contributed by atoms with Crippen molar-refractivity contribution >= 4 is 21.4 Å². The first-order valence-corrected chi connectivity index (χ1v) is 8.04. The summed E-state index contributed by atoms with van der Waals surface area (Å²) in [6.45, 7) is 0.460. The van der Waals surface area contributed by atoms with Gasteiger partial charge in [0.2, 0.25) is 0 Å². The largest absolute Gasteiger partial charge is 0.310 e. The van der Waals surface area contributed by atoms with Crippen LogP contribution in [0.5, 0.6) is 0 Å². The molecule has 1 aromatic rings. The zero-order chi connectivity index (χ0) is 13.2. The number of benzene rings is 1. The predicted octanol–water partition coefficient (Wildman–Crippen LogP) is 2.15. The molecule has 0 unspecified atom stereocenters. The number of hydrogen-bond donors (Lipinski definition) is 1. The van der Waals surface area contributed by atoms with E-state index < -0.39 is 15.7 Å². The average molecular weight is 292 g/mol. The summed E-state index contributed by atoms with van der Waals surface area (Å²) in [7, 11) is -2.84. The number of hydrogen-bond acceptors (Lipinski definition) is 3. The fourth-order valence-electron chi connectivity index (χ4n) is 2.03. The maximum Gasteiger partial charge on any atom is 0.150 e. The van der Waals surface area contributed by atoms with Gasteiger partial charge in [-0.05, 0) is 24.5 Å². The van der Waals surface area contributed by atoms with Crippen molar-refractivity contribution < 1.29 is 12.8 Å². The Morgan fingerprint density at radius 1 is 1.33 bits per heavy atom. The minimum absolute atomic E-state index is 0.133. The summed E-state index contributed by atoms with van der Waals surface area (Å²) in [6, 6.07) is 4.86. The minimum atomic E-state index is -2.84. The van der Waals surface area contributed by atoms with Gasteiger partial charge >= 0.3 is 0 Å². The minimum Gasteiger partial charge on any atom is -0.310 e. The van der Waals surface area contributed by atoms with Gasteiger partial charge in [-0.15, -0.1) is 0 Å². The molecule has 0 spiro atoms. The van der Waals surface area contributed by atoms with Crippen molar-refractivity contribution in [1.29, 1.82) is 0 Å². The van der Waals surface area contributed by atoms with E-state index in [1.807, 2.05) is 0 Å². The van der Waals surface area contributed by atoms with Crippen LogP contribution in [0.25, 0.3) is 0 Å². The van der Waals surface area contributed by atoms with Crippen LogP contribution in [0.2, 0.25) is 5.02 Å². The van der Waals surface area contributed by atoms with Gasteiger partial charge in [-0.2, -0.15) is 0 Å². The second-order valence-electron chi connectivity index (χ2n) is 4.52. The molecule has 1 aliphatic heterocycles. The van der Waals surface area contributed by atoms with E-state index in [1.54, 1.807) is 12.1 Å². The zero-order valence-electron chi connectivity index (χ0n) is 9.83. The van der Waals surface area contributed by atoms with E-state index in [1.165, 1.54) is 6.07 Å². The summed E-state index contributed by atoms with van der Waals surface area (Å²) in [6.07, 6.45) is 1.21. The number of sulfone groups is 1. The summed E-state index contributed by atoms with van der Waals surface area (Å²) in [5, 5.41) is 3.36. The second-order valence-corrected chi connectivity index (χ2v) is 7.20. The molecule has 1 aliphatic rings. The first kappa shape index (κ1) is 13.8. The lowest BCUT2D eigenvalue weighted by Gasteiger charge is -2.23. The highest BCUT2D eigenvalue weighted by Crippen LogP contribution is 2.20. The predicted molar refractivity (Wildman–Crippen MR) is 69.9 cm³/mol. The third kappa shape index (κ3) is 3.43. The van der Waals surface area contributed by atoms with Crippen LogP contribution in [0.15, 0.2) is 18.2 Å². The summed E-state index contributed by atoms with van der Waals surface area (Å²) < 4.78 is 35.7. The van der Waals surface area contributed by atoms with Crippen LogP contribution in [0, 0.1) is 5.82 Å². The van der Waals surface area contributed by atoms with Gasteiger partial charge in [0.05, 0.1) is 16.5 Å². The standard InChI is InChI=1S/C12H15ClFNO2S/c13-12-9(2-1-3-11(12)14)8-15-10-4-6-18(16,17)7-5-10/h1-3,10,15H,4-8H2. The summed E-state index contributed by atoms with van der Waals surface area (Å²) in [5.74, 6) is 0.0190. The van der Waals surface area contributed by atoms with Crippen molar-refractivity contribution in [1.82, 2.24) is 5.32 Å². The van der Waals surface area contributed by atoms with Gasteiger partial charge in [-0.25, -0.2) is 12.8 Å². The van der Waals surface area contributed by atoms with Crippen LogP contribution < -0.4 is 5.32 Å². The summed E-state index contributed by atoms with van der Waals surface area (Å²) in [4.78, 5) is 0. The molecule has 18 heavy (non-hydrogen) atoms. The molecule has 1 aromatic carbocycles. The highest BCUT2D eigenvalue weighted by atomic mass is 35.5. The third-order valence-corrected chi connectivity index (χ3v) is 5.31. The molecule has 100 valence electrons. The van der Waals surface area contributed by atoms with Crippen molar-refractivity contribution in [3.63, 3.8) is 0 Å². The molecule has 6 heteroatoms. The fourth-order valence-corrected chi connectivity index (χ4v) is 3.72. The van der Waals surface area contributed by atoms with Crippen LogP contribution in [-0.2, 0) is 16.4 Å². The van der Waals surface area contributed by atoms with Gasteiger partial charge < -0.3 is 5.32 Å². The molecule has 0 radical (unpaired) electrons. The van der Waals surface area contributed by atoms with Gasteiger partial charge in [0.25, 0.3) is 0 Å². The van der Waals surface area contributed by atoms with Crippen molar-refractivity contribution in [2.24, 2.45) is 0 Å². The van der Waals surface area contributed by atoms with Crippen molar-refractivity contribution in [2.75, 3.05) is 11.5 Å². The summed E-state index contributed by atoms with van der Waals surface area (Å²) in [5.41, 5.74) is 0.699. The molecule has 0 aliphatic carbocycles. The Labute approximate surface area is 111 Å². The van der Waals surface area contributed by atoms with E-state index >= 15 is 0 Å². The summed E-state index contributed by atoms with van der Waals surface area (Å²) >= 11 is 5.85. The van der Waals surface area contributed by atoms with Crippen LogP contribution in [0.4, 0.5) is 4.39 Å². The number of nitrogens with one attached hydrogen (secondary N) is 1. The van der Waals surface area contributed by atoms with E-state index in [0.717, 1.165) is 0 Å². The Kier molecular flexibility index (Phi) is 4.25. The quantitative estimate of drug-likeness (QED) is 0.928. The van der Waals surface area contributed by atoms with Crippen LogP contribution in [0.1, 0.15) is 18.4 Å². The molecule has 3 nitrogen and oxygen atoms in total. The molecule has 1 N–H and O–H groups in total.